The fraction of sp³-hybridized carbons (Fsp3) is 0.0345. The number of aromatic amines is 2. The van der Waals surface area contributed by atoms with Crippen LogP contribution < -0.4 is 10.9 Å². The molecule has 41 heavy (non-hydrogen) atoms. The molecule has 2 N–H and O–H groups in total. The van der Waals surface area contributed by atoms with Gasteiger partial charge in [0.15, 0.2) is 17.8 Å². The number of nitrogens with zero attached hydrogens (tertiary/aromatic N) is 4. The molecule has 3 aromatic carbocycles. The van der Waals surface area contributed by atoms with Gasteiger partial charge < -0.3 is 18.8 Å². The molecule has 0 radical (unpaired) electrons. The number of rotatable bonds is 5. The number of benzene rings is 3. The lowest BCUT2D eigenvalue weighted by molar-refractivity contribution is -0.112. The van der Waals surface area contributed by atoms with Crippen LogP contribution in [0, 0.1) is 0 Å². The summed E-state index contributed by atoms with van der Waals surface area (Å²) in [7, 11) is 0. The molecule has 4 heterocycles. The lowest BCUT2D eigenvalue weighted by Crippen LogP contribution is -2.16. The minimum Gasteiger partial charge on any atom is -0.430 e. The number of fused-ring (bicyclic) bond motifs is 4. The van der Waals surface area contributed by atoms with Gasteiger partial charge in [-0.15, -0.1) is 0 Å². The SMILES string of the molecule is CC(=O)/C=C/c1nn(-c2ccccc2)c2oc3c(=O)c4[nH]c5c(C=O)nn(-c6ccccc6)c5oc4c(=O)c3[nH]c12. The Labute approximate surface area is 227 Å². The molecule has 7 aromatic rings. The largest absolute Gasteiger partial charge is 0.430 e. The summed E-state index contributed by atoms with van der Waals surface area (Å²) in [6.07, 6.45) is 3.36. The van der Waals surface area contributed by atoms with Gasteiger partial charge in [-0.25, -0.2) is 0 Å². The maximum absolute atomic E-state index is 13.8. The van der Waals surface area contributed by atoms with Gasteiger partial charge in [0.2, 0.25) is 22.6 Å². The van der Waals surface area contributed by atoms with E-state index in [1.807, 2.05) is 24.3 Å². The predicted molar refractivity (Wildman–Crippen MR) is 150 cm³/mol. The number of H-pyrrole nitrogens is 2. The van der Waals surface area contributed by atoms with Crippen LogP contribution in [0.4, 0.5) is 0 Å². The molecule has 0 spiro atoms. The van der Waals surface area contributed by atoms with Gasteiger partial charge in [-0.1, -0.05) is 36.4 Å². The number of ketones is 1. The zero-order valence-corrected chi connectivity index (χ0v) is 21.2. The van der Waals surface area contributed by atoms with Crippen LogP contribution >= 0.6 is 0 Å². The molecule has 0 bridgehead atoms. The number of allylic oxidation sites excluding steroid dienone is 1. The van der Waals surface area contributed by atoms with Crippen LogP contribution in [0.5, 0.6) is 0 Å². The number of aromatic nitrogens is 6. The van der Waals surface area contributed by atoms with Crippen molar-refractivity contribution in [3.05, 3.63) is 98.6 Å². The van der Waals surface area contributed by atoms with E-state index in [4.69, 9.17) is 8.83 Å². The lowest BCUT2D eigenvalue weighted by atomic mass is 10.2. The van der Waals surface area contributed by atoms with Gasteiger partial charge in [0, 0.05) is 0 Å². The Hall–Kier alpha value is -6.04. The van der Waals surface area contributed by atoms with Crippen molar-refractivity contribution in [2.75, 3.05) is 0 Å². The number of para-hydroxylation sites is 2. The number of nitrogens with one attached hydrogen (secondary N) is 2. The number of hydrogen-bond donors (Lipinski definition) is 2. The highest BCUT2D eigenvalue weighted by Crippen LogP contribution is 2.27. The smallest absolute Gasteiger partial charge is 0.250 e. The Bertz CT molecular complexity index is 2350. The van der Waals surface area contributed by atoms with Gasteiger partial charge in [0.1, 0.15) is 27.8 Å². The van der Waals surface area contributed by atoms with Crippen molar-refractivity contribution in [2.45, 2.75) is 6.92 Å². The van der Waals surface area contributed by atoms with Crippen molar-refractivity contribution in [3.63, 3.8) is 0 Å². The number of aldehydes is 1. The van der Waals surface area contributed by atoms with Crippen LogP contribution in [0.25, 0.3) is 62.1 Å². The molecular formula is C29H18N6O6. The summed E-state index contributed by atoms with van der Waals surface area (Å²) in [5.41, 5.74) is -0.0932. The van der Waals surface area contributed by atoms with Crippen LogP contribution in [0.3, 0.4) is 0 Å². The molecule has 0 atom stereocenters. The van der Waals surface area contributed by atoms with E-state index in [0.29, 0.717) is 23.4 Å². The molecule has 0 aliphatic carbocycles. The average Bonchev–Trinajstić information content (AvgIpc) is 3.55. The molecule has 0 aliphatic rings. The van der Waals surface area contributed by atoms with E-state index in [0.717, 1.165) is 0 Å². The van der Waals surface area contributed by atoms with E-state index in [1.54, 1.807) is 36.4 Å². The first kappa shape index (κ1) is 24.0. The molecule has 0 fully saturated rings. The molecule has 0 saturated heterocycles. The van der Waals surface area contributed by atoms with E-state index in [1.165, 1.54) is 28.4 Å². The Balaban J connectivity index is 1.59. The van der Waals surface area contributed by atoms with Crippen molar-refractivity contribution in [1.29, 1.82) is 0 Å². The maximum Gasteiger partial charge on any atom is 0.250 e. The fourth-order valence-corrected chi connectivity index (χ4v) is 4.67. The summed E-state index contributed by atoms with van der Waals surface area (Å²) >= 11 is 0. The number of carbonyl (C=O) groups is 2. The Kier molecular flexibility index (Phi) is 5.29. The second-order valence-electron chi connectivity index (χ2n) is 9.21. The van der Waals surface area contributed by atoms with Crippen LogP contribution in [-0.4, -0.2) is 41.6 Å². The minimum atomic E-state index is -0.677. The van der Waals surface area contributed by atoms with Gasteiger partial charge in [-0.2, -0.15) is 19.6 Å². The second-order valence-corrected chi connectivity index (χ2v) is 9.21. The van der Waals surface area contributed by atoms with Crippen molar-refractivity contribution in [1.82, 2.24) is 29.5 Å². The van der Waals surface area contributed by atoms with Crippen molar-refractivity contribution >= 4 is 62.8 Å². The van der Waals surface area contributed by atoms with E-state index >= 15 is 0 Å². The lowest BCUT2D eigenvalue weighted by Gasteiger charge is -2.05. The first-order valence-electron chi connectivity index (χ1n) is 12.4. The highest BCUT2D eigenvalue weighted by molar-refractivity contribution is 5.98. The molecule has 0 aliphatic heterocycles. The summed E-state index contributed by atoms with van der Waals surface area (Å²) in [6, 6.07) is 17.9. The Morgan fingerprint density at radius 2 is 1.20 bits per heavy atom. The highest BCUT2D eigenvalue weighted by atomic mass is 16.4. The molecule has 0 amide bonds. The summed E-state index contributed by atoms with van der Waals surface area (Å²) in [5, 5.41) is 8.85. The fourth-order valence-electron chi connectivity index (χ4n) is 4.67. The standard InChI is InChI=1S/C29H18N6O6/c1-15(37)12-13-18-20-28(34(32-18)16-8-4-2-5-9-16)40-26-22(30-20)24(38)27-23(25(26)39)31-21-19(14-36)33-35(29(21)41-27)17-10-6-3-7-11-17/h2-14,30-31H,1H3/b13-12+. The molecule has 0 unspecified atom stereocenters. The topological polar surface area (TPSA) is 162 Å². The molecule has 12 nitrogen and oxygen atoms in total. The van der Waals surface area contributed by atoms with Gasteiger partial charge in [0.25, 0.3) is 10.9 Å². The molecule has 7 rings (SSSR count). The number of hydrogen-bond acceptors (Lipinski definition) is 8. The van der Waals surface area contributed by atoms with E-state index in [-0.39, 0.29) is 56.1 Å². The molecule has 200 valence electrons. The Morgan fingerprint density at radius 3 is 1.66 bits per heavy atom. The summed E-state index contributed by atoms with van der Waals surface area (Å²) < 4.78 is 14.9. The van der Waals surface area contributed by atoms with Crippen molar-refractivity contribution < 1.29 is 18.4 Å². The zero-order valence-electron chi connectivity index (χ0n) is 21.2. The van der Waals surface area contributed by atoms with E-state index in [2.05, 4.69) is 20.2 Å². The second kappa shape index (κ2) is 9.02. The van der Waals surface area contributed by atoms with Crippen LogP contribution in [0.1, 0.15) is 23.1 Å². The molecule has 4 aromatic heterocycles. The quantitative estimate of drug-likeness (QED) is 0.184. The third-order valence-electron chi connectivity index (χ3n) is 6.55. The molecule has 12 heteroatoms. The normalized spacial score (nSPS) is 11.8. The van der Waals surface area contributed by atoms with Crippen LogP contribution in [0.15, 0.2) is 85.2 Å². The van der Waals surface area contributed by atoms with Crippen molar-refractivity contribution in [3.8, 4) is 11.4 Å². The minimum absolute atomic E-state index is 0.00976. The van der Waals surface area contributed by atoms with E-state index in [9.17, 15) is 19.2 Å². The number of carbonyl (C=O) groups excluding carboxylic acids is 2. The summed E-state index contributed by atoms with van der Waals surface area (Å²) in [4.78, 5) is 56.9. The summed E-state index contributed by atoms with van der Waals surface area (Å²) in [6.45, 7) is 1.40. The summed E-state index contributed by atoms with van der Waals surface area (Å²) in [5.74, 6) is -0.203. The van der Waals surface area contributed by atoms with Gasteiger partial charge in [0.05, 0.1) is 11.4 Å². The highest BCUT2D eigenvalue weighted by Gasteiger charge is 2.24. The zero-order chi connectivity index (χ0) is 28.2. The van der Waals surface area contributed by atoms with Gasteiger partial charge in [-0.3, -0.25) is 19.2 Å². The first-order chi connectivity index (χ1) is 19.9. The van der Waals surface area contributed by atoms with Crippen LogP contribution in [-0.2, 0) is 4.79 Å². The maximum atomic E-state index is 13.8. The van der Waals surface area contributed by atoms with E-state index < -0.39 is 10.9 Å². The van der Waals surface area contributed by atoms with Crippen molar-refractivity contribution in [2.24, 2.45) is 0 Å². The van der Waals surface area contributed by atoms with Gasteiger partial charge in [-0.05, 0) is 43.3 Å². The predicted octanol–water partition coefficient (Wildman–Crippen LogP) is 4.21. The first-order valence-corrected chi connectivity index (χ1v) is 12.4. The Morgan fingerprint density at radius 1 is 0.732 bits per heavy atom. The molecular weight excluding hydrogens is 528 g/mol. The molecule has 0 saturated carbocycles. The monoisotopic (exact) mass is 546 g/mol. The average molecular weight is 546 g/mol. The third-order valence-corrected chi connectivity index (χ3v) is 6.55. The van der Waals surface area contributed by atoms with Gasteiger partial charge >= 0.3 is 0 Å². The van der Waals surface area contributed by atoms with Crippen LogP contribution in [0.2, 0.25) is 0 Å². The third kappa shape index (κ3) is 3.69.